The molecule has 7 heteroatoms. The highest BCUT2D eigenvalue weighted by atomic mass is 16.5. The largest absolute Gasteiger partial charge is 0.481 e. The van der Waals surface area contributed by atoms with E-state index < -0.39 is 17.6 Å². The number of nitrogens with zero attached hydrogens (tertiary/aromatic N) is 1. The Kier molecular flexibility index (Phi) is 6.26. The quantitative estimate of drug-likeness (QED) is 0.583. The summed E-state index contributed by atoms with van der Waals surface area (Å²) in [5.74, 6) is -0.960. The number of alkyl carbamates (subject to hydrolysis) is 1. The molecule has 2 atom stereocenters. The Bertz CT molecular complexity index is 1100. The lowest BCUT2D eigenvalue weighted by Gasteiger charge is -2.36. The molecule has 1 saturated carbocycles. The smallest absolute Gasteiger partial charge is 0.408 e. The summed E-state index contributed by atoms with van der Waals surface area (Å²) in [4.78, 5) is 39.5. The molecule has 2 unspecified atom stereocenters. The summed E-state index contributed by atoms with van der Waals surface area (Å²) >= 11 is 0. The lowest BCUT2D eigenvalue weighted by Crippen LogP contribution is -2.60. The zero-order valence-electron chi connectivity index (χ0n) is 20.0. The van der Waals surface area contributed by atoms with Crippen molar-refractivity contribution in [2.75, 3.05) is 13.2 Å². The SMILES string of the molecule is CC(NC(=O)OCC1c2ccccc2-c2ccccc21)(C(=O)N1CCCC1CCC(=O)O)C1CC1. The highest BCUT2D eigenvalue weighted by molar-refractivity contribution is 5.91. The van der Waals surface area contributed by atoms with Gasteiger partial charge in [0.1, 0.15) is 12.1 Å². The van der Waals surface area contributed by atoms with Crippen molar-refractivity contribution in [3.63, 3.8) is 0 Å². The normalized spacial score (nSPS) is 20.6. The van der Waals surface area contributed by atoms with Gasteiger partial charge in [0.15, 0.2) is 0 Å². The number of hydrogen-bond acceptors (Lipinski definition) is 4. The van der Waals surface area contributed by atoms with Crippen LogP contribution in [0.4, 0.5) is 4.79 Å². The fourth-order valence-electron chi connectivity index (χ4n) is 5.83. The van der Waals surface area contributed by atoms with Crippen molar-refractivity contribution >= 4 is 18.0 Å². The molecule has 0 radical (unpaired) electrons. The Morgan fingerprint density at radius 1 is 1.03 bits per heavy atom. The number of carboxylic acids is 1. The zero-order valence-corrected chi connectivity index (χ0v) is 20.0. The molecule has 5 rings (SSSR count). The number of nitrogens with one attached hydrogen (secondary N) is 1. The van der Waals surface area contributed by atoms with E-state index in [9.17, 15) is 14.4 Å². The first-order chi connectivity index (χ1) is 16.9. The van der Waals surface area contributed by atoms with Crippen molar-refractivity contribution in [1.82, 2.24) is 10.2 Å². The zero-order chi connectivity index (χ0) is 24.6. The van der Waals surface area contributed by atoms with Gasteiger partial charge in [0.2, 0.25) is 5.91 Å². The second kappa shape index (κ2) is 9.36. The molecule has 2 aromatic carbocycles. The summed E-state index contributed by atoms with van der Waals surface area (Å²) in [6, 6.07) is 16.3. The second-order valence-corrected chi connectivity index (χ2v) is 10.2. The minimum Gasteiger partial charge on any atom is -0.481 e. The lowest BCUT2D eigenvalue weighted by molar-refractivity contribution is -0.141. The van der Waals surface area contributed by atoms with E-state index in [-0.39, 0.29) is 36.8 Å². The van der Waals surface area contributed by atoms with Crippen molar-refractivity contribution < 1.29 is 24.2 Å². The lowest BCUT2D eigenvalue weighted by atomic mass is 9.93. The molecular formula is C28H32N2O5. The minimum atomic E-state index is -1.05. The molecule has 2 aromatic rings. The first kappa shape index (κ1) is 23.4. The van der Waals surface area contributed by atoms with E-state index in [4.69, 9.17) is 9.84 Å². The van der Waals surface area contributed by atoms with Crippen LogP contribution in [0.5, 0.6) is 0 Å². The molecule has 35 heavy (non-hydrogen) atoms. The van der Waals surface area contributed by atoms with Crippen molar-refractivity contribution in [1.29, 1.82) is 0 Å². The third kappa shape index (κ3) is 4.51. The Labute approximate surface area is 205 Å². The van der Waals surface area contributed by atoms with Gasteiger partial charge < -0.3 is 20.1 Å². The fraction of sp³-hybridized carbons (Fsp3) is 0.464. The van der Waals surface area contributed by atoms with Crippen LogP contribution in [0.2, 0.25) is 0 Å². The molecular weight excluding hydrogens is 444 g/mol. The number of carbonyl (C=O) groups is 3. The van der Waals surface area contributed by atoms with Gasteiger partial charge in [-0.15, -0.1) is 0 Å². The van der Waals surface area contributed by atoms with Crippen LogP contribution in [0.15, 0.2) is 48.5 Å². The molecule has 2 fully saturated rings. The number of carbonyl (C=O) groups excluding carboxylic acids is 2. The van der Waals surface area contributed by atoms with Gasteiger partial charge >= 0.3 is 12.1 Å². The van der Waals surface area contributed by atoms with Crippen LogP contribution in [0, 0.1) is 5.92 Å². The van der Waals surface area contributed by atoms with Crippen LogP contribution in [0.25, 0.3) is 11.1 Å². The molecule has 2 amide bonds. The van der Waals surface area contributed by atoms with E-state index in [1.807, 2.05) is 24.3 Å². The maximum absolute atomic E-state index is 13.6. The van der Waals surface area contributed by atoms with Gasteiger partial charge in [-0.05, 0) is 67.2 Å². The number of likely N-dealkylation sites (tertiary alicyclic amines) is 1. The van der Waals surface area contributed by atoms with E-state index in [2.05, 4.69) is 29.6 Å². The first-order valence-electron chi connectivity index (χ1n) is 12.5. The van der Waals surface area contributed by atoms with Crippen molar-refractivity contribution in [3.8, 4) is 11.1 Å². The van der Waals surface area contributed by atoms with Gasteiger partial charge in [-0.2, -0.15) is 0 Å². The van der Waals surface area contributed by atoms with Crippen molar-refractivity contribution in [3.05, 3.63) is 59.7 Å². The summed E-state index contributed by atoms with van der Waals surface area (Å²) < 4.78 is 5.73. The van der Waals surface area contributed by atoms with Gasteiger partial charge in [0.25, 0.3) is 0 Å². The summed E-state index contributed by atoms with van der Waals surface area (Å²) in [7, 11) is 0. The predicted octanol–water partition coefficient (Wildman–Crippen LogP) is 4.55. The third-order valence-electron chi connectivity index (χ3n) is 7.87. The van der Waals surface area contributed by atoms with E-state index in [1.165, 1.54) is 0 Å². The summed E-state index contributed by atoms with van der Waals surface area (Å²) in [5, 5.41) is 12.0. The van der Waals surface area contributed by atoms with Gasteiger partial charge in [-0.1, -0.05) is 48.5 Å². The van der Waals surface area contributed by atoms with E-state index >= 15 is 0 Å². The van der Waals surface area contributed by atoms with E-state index in [1.54, 1.807) is 11.8 Å². The van der Waals surface area contributed by atoms with Crippen molar-refractivity contribution in [2.24, 2.45) is 5.92 Å². The topological polar surface area (TPSA) is 95.9 Å². The molecule has 2 N–H and O–H groups in total. The van der Waals surface area contributed by atoms with Crippen LogP contribution in [0.1, 0.15) is 62.5 Å². The van der Waals surface area contributed by atoms with Gasteiger partial charge in [0, 0.05) is 24.9 Å². The van der Waals surface area contributed by atoms with Gasteiger partial charge in [0.05, 0.1) is 0 Å². The Morgan fingerprint density at radius 2 is 1.66 bits per heavy atom. The molecule has 7 nitrogen and oxygen atoms in total. The maximum Gasteiger partial charge on any atom is 0.408 e. The Morgan fingerprint density at radius 3 is 2.26 bits per heavy atom. The monoisotopic (exact) mass is 476 g/mol. The summed E-state index contributed by atoms with van der Waals surface area (Å²) in [6.45, 7) is 2.58. The highest BCUT2D eigenvalue weighted by Crippen LogP contribution is 2.45. The minimum absolute atomic E-state index is 0.0361. The molecule has 1 aliphatic heterocycles. The highest BCUT2D eigenvalue weighted by Gasteiger charge is 2.51. The maximum atomic E-state index is 13.6. The number of ether oxygens (including phenoxy) is 1. The molecule has 0 aromatic heterocycles. The fourth-order valence-corrected chi connectivity index (χ4v) is 5.83. The number of aliphatic carboxylic acids is 1. The van der Waals surface area contributed by atoms with Crippen LogP contribution >= 0.6 is 0 Å². The second-order valence-electron chi connectivity index (χ2n) is 10.2. The number of hydrogen-bond donors (Lipinski definition) is 2. The van der Waals surface area contributed by atoms with Crippen LogP contribution in [0.3, 0.4) is 0 Å². The molecule has 1 heterocycles. The Balaban J connectivity index is 1.27. The first-order valence-corrected chi connectivity index (χ1v) is 12.5. The summed E-state index contributed by atoms with van der Waals surface area (Å²) in [6.07, 6.45) is 3.28. The Hall–Kier alpha value is -3.35. The summed E-state index contributed by atoms with van der Waals surface area (Å²) in [5.41, 5.74) is 3.56. The number of carboxylic acid groups (broad SMARTS) is 1. The molecule has 3 aliphatic rings. The average Bonchev–Trinajstić information content (AvgIpc) is 3.53. The number of fused-ring (bicyclic) bond motifs is 3. The van der Waals surface area contributed by atoms with Crippen LogP contribution in [-0.2, 0) is 14.3 Å². The molecule has 0 bridgehead atoms. The molecule has 0 spiro atoms. The number of amides is 2. The predicted molar refractivity (Wildman–Crippen MR) is 131 cm³/mol. The number of rotatable bonds is 8. The molecule has 2 aliphatic carbocycles. The average molecular weight is 477 g/mol. The standard InChI is InChI=1S/C28H32N2O5/c1-28(18-12-13-18,26(33)30-16-6-7-19(30)14-15-25(31)32)29-27(34)35-17-24-22-10-4-2-8-20(22)21-9-3-5-11-23(21)24/h2-5,8-11,18-19,24H,6-7,12-17H2,1H3,(H,29,34)(H,31,32). The van der Waals surface area contributed by atoms with E-state index in [0.29, 0.717) is 13.0 Å². The molecule has 184 valence electrons. The van der Waals surface area contributed by atoms with Gasteiger partial charge in [-0.3, -0.25) is 9.59 Å². The van der Waals surface area contributed by atoms with E-state index in [0.717, 1.165) is 47.9 Å². The number of benzene rings is 2. The van der Waals surface area contributed by atoms with Gasteiger partial charge in [-0.25, -0.2) is 4.79 Å². The van der Waals surface area contributed by atoms with Crippen LogP contribution in [-0.4, -0.2) is 52.7 Å². The van der Waals surface area contributed by atoms with Crippen LogP contribution < -0.4 is 5.32 Å². The third-order valence-corrected chi connectivity index (χ3v) is 7.87. The molecule has 1 saturated heterocycles. The van der Waals surface area contributed by atoms with Crippen molar-refractivity contribution in [2.45, 2.75) is 62.9 Å².